The predicted octanol–water partition coefficient (Wildman–Crippen LogP) is -0.404. The van der Waals surface area contributed by atoms with Crippen LogP contribution in [0.1, 0.15) is 12.6 Å². The van der Waals surface area contributed by atoms with Crippen LogP contribution in [0.25, 0.3) is 0 Å². The Kier molecular flexibility index (Phi) is 3.56. The maximum absolute atomic E-state index is 11.7. The first kappa shape index (κ1) is 12.1. The fourth-order valence-electron chi connectivity index (χ4n) is 1.55. The maximum Gasteiger partial charge on any atom is 0.226 e. The van der Waals surface area contributed by atoms with Gasteiger partial charge in [0.15, 0.2) is 5.82 Å². The fourth-order valence-corrected chi connectivity index (χ4v) is 1.55. The van der Waals surface area contributed by atoms with E-state index < -0.39 is 0 Å². The van der Waals surface area contributed by atoms with Gasteiger partial charge in [-0.05, 0) is 18.1 Å². The Morgan fingerprint density at radius 2 is 2.44 bits per heavy atom. The topological polar surface area (TPSA) is 112 Å². The highest BCUT2D eigenvalue weighted by atomic mass is 16.6. The molecule has 8 nitrogen and oxygen atoms in total. The molecule has 2 heterocycles. The van der Waals surface area contributed by atoms with Gasteiger partial charge in [-0.25, -0.2) is 4.63 Å². The van der Waals surface area contributed by atoms with Crippen LogP contribution in [0.5, 0.6) is 0 Å². The largest absolute Gasteiger partial charge is 0.379 e. The Hall–Kier alpha value is -2.38. The van der Waals surface area contributed by atoms with Gasteiger partial charge < -0.3 is 11.1 Å². The number of carbonyl (C=O) groups is 1. The van der Waals surface area contributed by atoms with Crippen molar-refractivity contribution in [2.75, 3.05) is 5.73 Å². The summed E-state index contributed by atoms with van der Waals surface area (Å²) >= 11 is 0. The van der Waals surface area contributed by atoms with Crippen molar-refractivity contribution in [3.63, 3.8) is 0 Å². The monoisotopic (exact) mass is 250 g/mol. The summed E-state index contributed by atoms with van der Waals surface area (Å²) in [6, 6.07) is 1.79. The molecule has 96 valence electrons. The molecule has 0 aromatic carbocycles. The number of hydrogen-bond acceptors (Lipinski definition) is 6. The molecule has 0 aliphatic carbocycles. The number of anilines is 1. The zero-order chi connectivity index (χ0) is 13.0. The lowest BCUT2D eigenvalue weighted by Crippen LogP contribution is -2.36. The third kappa shape index (κ3) is 3.06. The summed E-state index contributed by atoms with van der Waals surface area (Å²) in [6.07, 6.45) is 3.58. The van der Waals surface area contributed by atoms with E-state index >= 15 is 0 Å². The van der Waals surface area contributed by atoms with Crippen LogP contribution in [0.3, 0.4) is 0 Å². The van der Waals surface area contributed by atoms with E-state index in [1.807, 2.05) is 19.2 Å². The van der Waals surface area contributed by atoms with Crippen molar-refractivity contribution in [1.29, 1.82) is 0 Å². The highest BCUT2D eigenvalue weighted by Crippen LogP contribution is 2.04. The molecule has 1 atom stereocenters. The highest BCUT2D eigenvalue weighted by molar-refractivity contribution is 5.79. The lowest BCUT2D eigenvalue weighted by molar-refractivity contribution is -0.121. The quantitative estimate of drug-likeness (QED) is 0.746. The first-order valence-electron chi connectivity index (χ1n) is 5.49. The van der Waals surface area contributed by atoms with E-state index in [9.17, 15) is 4.79 Å². The Balaban J connectivity index is 1.82. The summed E-state index contributed by atoms with van der Waals surface area (Å²) in [5.74, 6) is -0.0399. The molecule has 0 saturated heterocycles. The Morgan fingerprint density at radius 1 is 1.61 bits per heavy atom. The molecule has 2 aromatic rings. The van der Waals surface area contributed by atoms with Crippen molar-refractivity contribution in [3.05, 3.63) is 24.2 Å². The van der Waals surface area contributed by atoms with E-state index in [1.54, 1.807) is 10.9 Å². The van der Waals surface area contributed by atoms with Gasteiger partial charge in [-0.1, -0.05) is 5.16 Å². The zero-order valence-corrected chi connectivity index (χ0v) is 9.91. The number of carbonyl (C=O) groups excluding carboxylic acids is 1. The number of nitrogen functional groups attached to an aromatic ring is 1. The van der Waals surface area contributed by atoms with Crippen molar-refractivity contribution in [3.8, 4) is 0 Å². The molecule has 0 aliphatic heterocycles. The van der Waals surface area contributed by atoms with Gasteiger partial charge in [0, 0.05) is 18.4 Å². The minimum absolute atomic E-state index is 0.0431. The minimum atomic E-state index is -0.183. The second-order valence-electron chi connectivity index (χ2n) is 3.97. The molecule has 0 saturated carbocycles. The van der Waals surface area contributed by atoms with Gasteiger partial charge in [0.25, 0.3) is 0 Å². The normalized spacial score (nSPS) is 12.3. The summed E-state index contributed by atoms with van der Waals surface area (Å²) in [5.41, 5.74) is 5.81. The van der Waals surface area contributed by atoms with Gasteiger partial charge in [0.2, 0.25) is 5.91 Å². The third-order valence-electron chi connectivity index (χ3n) is 2.34. The lowest BCUT2D eigenvalue weighted by atomic mass is 10.2. The van der Waals surface area contributed by atoms with Crippen molar-refractivity contribution in [2.45, 2.75) is 25.9 Å². The molecule has 0 radical (unpaired) electrons. The zero-order valence-electron chi connectivity index (χ0n) is 9.91. The Morgan fingerprint density at radius 3 is 3.06 bits per heavy atom. The lowest BCUT2D eigenvalue weighted by Gasteiger charge is -2.13. The number of amides is 1. The van der Waals surface area contributed by atoms with E-state index in [0.29, 0.717) is 12.2 Å². The second kappa shape index (κ2) is 5.30. The number of rotatable bonds is 5. The standard InChI is InChI=1S/C10H14N6O2/c1-7(6-16-4-2-3-12-16)13-9(17)5-8-10(11)15-18-14-8/h2-4,7H,5-6H2,1H3,(H2,11,15)(H,13,17)/t7-/m0/s1. The average Bonchev–Trinajstić information content (AvgIpc) is 2.91. The van der Waals surface area contributed by atoms with Crippen molar-refractivity contribution >= 4 is 11.7 Å². The molecule has 18 heavy (non-hydrogen) atoms. The first-order chi connectivity index (χ1) is 8.65. The molecular formula is C10H14N6O2. The Bertz CT molecular complexity index is 506. The van der Waals surface area contributed by atoms with E-state index in [1.165, 1.54) is 0 Å². The summed E-state index contributed by atoms with van der Waals surface area (Å²) in [7, 11) is 0. The predicted molar refractivity (Wildman–Crippen MR) is 62.2 cm³/mol. The van der Waals surface area contributed by atoms with Gasteiger partial charge in [-0.3, -0.25) is 9.48 Å². The van der Waals surface area contributed by atoms with Crippen LogP contribution in [-0.4, -0.2) is 32.0 Å². The number of aromatic nitrogens is 4. The number of nitrogens with two attached hydrogens (primary N) is 1. The van der Waals surface area contributed by atoms with E-state index in [0.717, 1.165) is 0 Å². The maximum atomic E-state index is 11.7. The molecule has 8 heteroatoms. The smallest absolute Gasteiger partial charge is 0.226 e. The first-order valence-corrected chi connectivity index (χ1v) is 5.49. The molecule has 0 bridgehead atoms. The molecule has 0 unspecified atom stereocenters. The molecule has 3 N–H and O–H groups in total. The molecule has 2 rings (SSSR count). The van der Waals surface area contributed by atoms with E-state index in [-0.39, 0.29) is 24.2 Å². The number of nitrogens with zero attached hydrogens (tertiary/aromatic N) is 4. The molecule has 1 amide bonds. The van der Waals surface area contributed by atoms with Gasteiger partial charge >= 0.3 is 0 Å². The van der Waals surface area contributed by atoms with Gasteiger partial charge in [0.1, 0.15) is 5.69 Å². The van der Waals surface area contributed by atoms with Crippen molar-refractivity contribution in [1.82, 2.24) is 25.4 Å². The van der Waals surface area contributed by atoms with Crippen LogP contribution in [0.2, 0.25) is 0 Å². The number of nitrogens with one attached hydrogen (secondary N) is 1. The molecule has 0 fully saturated rings. The summed E-state index contributed by atoms with van der Waals surface area (Å²) < 4.78 is 6.16. The summed E-state index contributed by atoms with van der Waals surface area (Å²) in [4.78, 5) is 11.7. The van der Waals surface area contributed by atoms with Crippen LogP contribution in [0, 0.1) is 0 Å². The van der Waals surface area contributed by atoms with Gasteiger partial charge in [-0.15, -0.1) is 0 Å². The van der Waals surface area contributed by atoms with Crippen LogP contribution in [0.4, 0.5) is 5.82 Å². The van der Waals surface area contributed by atoms with Gasteiger partial charge in [-0.2, -0.15) is 5.10 Å². The van der Waals surface area contributed by atoms with Crippen LogP contribution < -0.4 is 11.1 Å². The van der Waals surface area contributed by atoms with Crippen LogP contribution >= 0.6 is 0 Å². The molecule has 0 spiro atoms. The molecule has 2 aromatic heterocycles. The second-order valence-corrected chi connectivity index (χ2v) is 3.97. The SMILES string of the molecule is C[C@@H](Cn1cccn1)NC(=O)Cc1nonc1N. The molecular weight excluding hydrogens is 236 g/mol. The summed E-state index contributed by atoms with van der Waals surface area (Å²) in [5, 5.41) is 13.8. The van der Waals surface area contributed by atoms with Crippen molar-refractivity contribution in [2.24, 2.45) is 0 Å². The summed E-state index contributed by atoms with van der Waals surface area (Å²) in [6.45, 7) is 2.50. The minimum Gasteiger partial charge on any atom is -0.379 e. The average molecular weight is 250 g/mol. The fraction of sp³-hybridized carbons (Fsp3) is 0.400. The molecule has 0 aliphatic rings. The van der Waals surface area contributed by atoms with E-state index in [4.69, 9.17) is 5.73 Å². The van der Waals surface area contributed by atoms with Crippen LogP contribution in [-0.2, 0) is 17.8 Å². The van der Waals surface area contributed by atoms with Gasteiger partial charge in [0.05, 0.1) is 13.0 Å². The van der Waals surface area contributed by atoms with Crippen molar-refractivity contribution < 1.29 is 9.42 Å². The Labute approximate surface area is 103 Å². The number of hydrogen-bond donors (Lipinski definition) is 2. The highest BCUT2D eigenvalue weighted by Gasteiger charge is 2.13. The van der Waals surface area contributed by atoms with E-state index in [2.05, 4.69) is 25.4 Å². The van der Waals surface area contributed by atoms with Crippen LogP contribution in [0.15, 0.2) is 23.1 Å². The third-order valence-corrected chi connectivity index (χ3v) is 2.34.